The molecular weight excluding hydrogens is 390 g/mol. The molecule has 1 aromatic heterocycles. The minimum absolute atomic E-state index is 0.117. The lowest BCUT2D eigenvalue weighted by Crippen LogP contribution is -2.42. The maximum Gasteiger partial charge on any atom is 0.322 e. The fraction of sp³-hybridized carbons (Fsp3) is 0.360. The number of urea groups is 1. The summed E-state index contributed by atoms with van der Waals surface area (Å²) in [7, 11) is 1.58. The number of ether oxygens (including phenoxy) is 1. The number of methoxy groups -OCH3 is 1. The van der Waals surface area contributed by atoms with Crippen molar-refractivity contribution in [2.75, 3.05) is 12.4 Å². The van der Waals surface area contributed by atoms with Crippen LogP contribution in [-0.2, 0) is 13.0 Å². The van der Waals surface area contributed by atoms with Crippen molar-refractivity contribution in [2.24, 2.45) is 0 Å². The van der Waals surface area contributed by atoms with Crippen LogP contribution in [0.1, 0.15) is 43.7 Å². The molecule has 6 nitrogen and oxygen atoms in total. The molecule has 31 heavy (non-hydrogen) atoms. The summed E-state index contributed by atoms with van der Waals surface area (Å²) in [6.45, 7) is 2.38. The molecule has 0 aliphatic heterocycles. The number of benzene rings is 2. The Kier molecular flexibility index (Phi) is 6.26. The van der Waals surface area contributed by atoms with E-state index >= 15 is 0 Å². The highest BCUT2D eigenvalue weighted by Gasteiger charge is 2.28. The van der Waals surface area contributed by atoms with Crippen molar-refractivity contribution >= 4 is 22.6 Å². The first-order chi connectivity index (χ1) is 15.1. The Morgan fingerprint density at radius 3 is 2.68 bits per heavy atom. The monoisotopic (exact) mass is 419 g/mol. The molecule has 6 heteroatoms. The summed E-state index contributed by atoms with van der Waals surface area (Å²) in [6.07, 6.45) is 5.02. The number of amides is 2. The third-order valence-electron chi connectivity index (χ3n) is 6.11. The number of hydrogen-bond acceptors (Lipinski definition) is 3. The molecule has 1 heterocycles. The number of anilines is 1. The average Bonchev–Trinajstić information content (AvgIpc) is 3.32. The molecule has 1 fully saturated rings. The van der Waals surface area contributed by atoms with Crippen molar-refractivity contribution in [1.29, 1.82) is 0 Å². The van der Waals surface area contributed by atoms with Crippen molar-refractivity contribution in [3.63, 3.8) is 0 Å². The van der Waals surface area contributed by atoms with Crippen LogP contribution >= 0.6 is 0 Å². The fourth-order valence-electron chi connectivity index (χ4n) is 4.34. The topological polar surface area (TPSA) is 74.4 Å². The van der Waals surface area contributed by atoms with Gasteiger partial charge in [-0.2, -0.15) is 0 Å². The van der Waals surface area contributed by atoms with Gasteiger partial charge < -0.3 is 19.9 Å². The van der Waals surface area contributed by atoms with Gasteiger partial charge >= 0.3 is 6.03 Å². The average molecular weight is 420 g/mol. The van der Waals surface area contributed by atoms with Crippen LogP contribution in [0.2, 0.25) is 0 Å². The minimum Gasteiger partial charge on any atom is -0.495 e. The van der Waals surface area contributed by atoms with Gasteiger partial charge in [0.2, 0.25) is 0 Å². The van der Waals surface area contributed by atoms with Crippen LogP contribution in [0.15, 0.2) is 53.3 Å². The second kappa shape index (κ2) is 9.25. The highest BCUT2D eigenvalue weighted by Crippen LogP contribution is 2.28. The van der Waals surface area contributed by atoms with E-state index in [4.69, 9.17) is 4.74 Å². The molecular formula is C25H29N3O3. The van der Waals surface area contributed by atoms with Gasteiger partial charge in [0.05, 0.1) is 19.3 Å². The number of aryl methyl sites for hydroxylation is 1. The van der Waals surface area contributed by atoms with Gasteiger partial charge in [0.25, 0.3) is 5.56 Å². The highest BCUT2D eigenvalue weighted by atomic mass is 16.5. The fourth-order valence-corrected chi connectivity index (χ4v) is 4.34. The number of H-pyrrole nitrogens is 1. The number of hydrogen-bond donors (Lipinski definition) is 2. The second-order valence-corrected chi connectivity index (χ2v) is 8.10. The molecule has 3 aromatic rings. The lowest BCUT2D eigenvalue weighted by atomic mass is 10.1. The van der Waals surface area contributed by atoms with Gasteiger partial charge in [0, 0.05) is 17.1 Å². The second-order valence-electron chi connectivity index (χ2n) is 8.10. The zero-order valence-corrected chi connectivity index (χ0v) is 18.1. The first-order valence-electron chi connectivity index (χ1n) is 10.9. The Hall–Kier alpha value is -3.28. The maximum atomic E-state index is 13.3. The zero-order valence-electron chi connectivity index (χ0n) is 18.1. The number of fused-ring (bicyclic) bond motifs is 1. The SMILES string of the molecule is CCc1ccc2[nH]c(=O)c(CN(C(=O)Nc3ccccc3OC)C3CCCC3)cc2c1. The van der Waals surface area contributed by atoms with E-state index in [0.29, 0.717) is 17.0 Å². The van der Waals surface area contributed by atoms with E-state index in [9.17, 15) is 9.59 Å². The summed E-state index contributed by atoms with van der Waals surface area (Å²) in [6, 6.07) is 15.3. The summed E-state index contributed by atoms with van der Waals surface area (Å²) in [5, 5.41) is 3.97. The lowest BCUT2D eigenvalue weighted by molar-refractivity contribution is 0.184. The predicted molar refractivity (Wildman–Crippen MR) is 124 cm³/mol. The molecule has 0 unspecified atom stereocenters. The Morgan fingerprint density at radius 1 is 1.16 bits per heavy atom. The van der Waals surface area contributed by atoms with Crippen LogP contribution in [0.25, 0.3) is 10.9 Å². The largest absolute Gasteiger partial charge is 0.495 e. The summed E-state index contributed by atoms with van der Waals surface area (Å²) >= 11 is 0. The summed E-state index contributed by atoms with van der Waals surface area (Å²) < 4.78 is 5.37. The number of rotatable bonds is 6. The van der Waals surface area contributed by atoms with Crippen LogP contribution in [0.3, 0.4) is 0 Å². The van der Waals surface area contributed by atoms with Gasteiger partial charge in [-0.1, -0.05) is 38.0 Å². The molecule has 0 saturated heterocycles. The minimum atomic E-state index is -0.210. The smallest absolute Gasteiger partial charge is 0.322 e. The van der Waals surface area contributed by atoms with E-state index in [1.54, 1.807) is 12.0 Å². The van der Waals surface area contributed by atoms with Crippen LogP contribution in [-0.4, -0.2) is 29.1 Å². The molecule has 2 amide bonds. The van der Waals surface area contributed by atoms with E-state index in [2.05, 4.69) is 23.3 Å². The van der Waals surface area contributed by atoms with Gasteiger partial charge in [-0.3, -0.25) is 4.79 Å². The van der Waals surface area contributed by atoms with Crippen LogP contribution in [0, 0.1) is 0 Å². The first kappa shape index (κ1) is 21.0. The van der Waals surface area contributed by atoms with E-state index in [-0.39, 0.29) is 24.2 Å². The lowest BCUT2D eigenvalue weighted by Gasteiger charge is -2.29. The molecule has 162 valence electrons. The number of nitrogens with zero attached hydrogens (tertiary/aromatic N) is 1. The maximum absolute atomic E-state index is 13.3. The molecule has 1 saturated carbocycles. The van der Waals surface area contributed by atoms with Crippen molar-refractivity contribution in [3.8, 4) is 5.75 Å². The quantitative estimate of drug-likeness (QED) is 0.585. The normalized spacial score (nSPS) is 14.0. The molecule has 0 radical (unpaired) electrons. The molecule has 0 bridgehead atoms. The Bertz CT molecular complexity index is 1130. The van der Waals surface area contributed by atoms with Crippen molar-refractivity contribution in [2.45, 2.75) is 51.6 Å². The van der Waals surface area contributed by atoms with E-state index in [0.717, 1.165) is 43.0 Å². The van der Waals surface area contributed by atoms with Crippen molar-refractivity contribution in [3.05, 3.63) is 70.0 Å². The Labute approximate surface area is 182 Å². The Morgan fingerprint density at radius 2 is 1.94 bits per heavy atom. The third kappa shape index (κ3) is 4.58. The standard InChI is InChI=1S/C25H29N3O3/c1-3-17-12-13-21-18(14-17)15-19(24(29)26-21)16-28(20-8-4-5-9-20)25(30)27-22-10-6-7-11-23(22)31-2/h6-7,10-15,20H,3-5,8-9,16H2,1-2H3,(H,26,29)(H,27,30). The van der Waals surface area contributed by atoms with Gasteiger partial charge in [0.1, 0.15) is 5.75 Å². The van der Waals surface area contributed by atoms with Gasteiger partial charge in [-0.25, -0.2) is 4.79 Å². The van der Waals surface area contributed by atoms with Gasteiger partial charge in [-0.15, -0.1) is 0 Å². The molecule has 4 rings (SSSR count). The molecule has 2 aromatic carbocycles. The third-order valence-corrected chi connectivity index (χ3v) is 6.11. The number of pyridine rings is 1. The molecule has 1 aliphatic carbocycles. The van der Waals surface area contributed by atoms with Crippen LogP contribution < -0.4 is 15.6 Å². The van der Waals surface area contributed by atoms with Crippen molar-refractivity contribution in [1.82, 2.24) is 9.88 Å². The molecule has 0 spiro atoms. The van der Waals surface area contributed by atoms with E-state index < -0.39 is 0 Å². The number of aromatic nitrogens is 1. The number of carbonyl (C=O) groups is 1. The van der Waals surface area contributed by atoms with E-state index in [1.807, 2.05) is 42.5 Å². The van der Waals surface area contributed by atoms with Gasteiger partial charge in [0.15, 0.2) is 0 Å². The number of nitrogens with one attached hydrogen (secondary N) is 2. The van der Waals surface area contributed by atoms with Gasteiger partial charge in [-0.05, 0) is 60.5 Å². The summed E-state index contributed by atoms with van der Waals surface area (Å²) in [5.74, 6) is 0.609. The zero-order chi connectivity index (χ0) is 21.8. The Balaban J connectivity index is 1.64. The summed E-state index contributed by atoms with van der Waals surface area (Å²) in [4.78, 5) is 30.9. The number of para-hydroxylation sites is 2. The predicted octanol–water partition coefficient (Wildman–Crippen LogP) is 5.08. The molecule has 2 N–H and O–H groups in total. The first-order valence-corrected chi connectivity index (χ1v) is 10.9. The van der Waals surface area contributed by atoms with E-state index in [1.165, 1.54) is 5.56 Å². The summed E-state index contributed by atoms with van der Waals surface area (Å²) in [5.41, 5.74) is 3.11. The highest BCUT2D eigenvalue weighted by molar-refractivity contribution is 5.91. The number of carbonyl (C=O) groups excluding carboxylic acids is 1. The number of aromatic amines is 1. The van der Waals surface area contributed by atoms with Crippen molar-refractivity contribution < 1.29 is 9.53 Å². The van der Waals surface area contributed by atoms with Crippen LogP contribution in [0.4, 0.5) is 10.5 Å². The van der Waals surface area contributed by atoms with Crippen LogP contribution in [0.5, 0.6) is 5.75 Å². The molecule has 1 aliphatic rings. The molecule has 0 atom stereocenters.